The van der Waals surface area contributed by atoms with Crippen LogP contribution in [-0.4, -0.2) is 11.1 Å². The van der Waals surface area contributed by atoms with Crippen LogP contribution in [0.5, 0.6) is 0 Å². The highest BCUT2D eigenvalue weighted by molar-refractivity contribution is 5.66. The van der Waals surface area contributed by atoms with Crippen molar-refractivity contribution in [2.24, 2.45) is 52.3 Å². The first-order valence-electron chi connectivity index (χ1n) is 14.1. The Morgan fingerprint density at radius 3 is 2.56 bits per heavy atom. The highest BCUT2D eigenvalue weighted by Crippen LogP contribution is 2.67. The van der Waals surface area contributed by atoms with E-state index in [1.807, 2.05) is 0 Å². The Hall–Kier alpha value is -0.790. The van der Waals surface area contributed by atoms with Crippen LogP contribution in [0.1, 0.15) is 118 Å². The summed E-state index contributed by atoms with van der Waals surface area (Å²) in [6.07, 6.45) is 18.9. The van der Waals surface area contributed by atoms with Crippen LogP contribution in [0.4, 0.5) is 0 Å². The minimum atomic E-state index is -0.628. The standard InChI is InChI=1S/C30H50O2/c1-20(2)7-6-8-21(3)25-12-13-26-24-11-10-23-19-22(9-14-28(31)32)15-17-29(23,4)27(24)16-18-30(25,26)5/h10,20-22,24-27H,6-9,11-19H2,1-5H3,(H,31,32)/t21-,22?,24+,25-,26+,27+,29+,30-/m1/s1. The molecule has 3 saturated carbocycles. The lowest BCUT2D eigenvalue weighted by Crippen LogP contribution is -2.50. The molecule has 0 heterocycles. The van der Waals surface area contributed by atoms with Gasteiger partial charge in [-0.2, -0.15) is 0 Å². The number of aliphatic carboxylic acids is 1. The zero-order chi connectivity index (χ0) is 23.1. The Bertz CT molecular complexity index is 708. The van der Waals surface area contributed by atoms with Gasteiger partial charge in [0, 0.05) is 6.42 Å². The van der Waals surface area contributed by atoms with Crippen LogP contribution in [0.3, 0.4) is 0 Å². The van der Waals surface area contributed by atoms with Crippen LogP contribution < -0.4 is 0 Å². The minimum absolute atomic E-state index is 0.345. The van der Waals surface area contributed by atoms with Gasteiger partial charge in [-0.3, -0.25) is 4.79 Å². The monoisotopic (exact) mass is 442 g/mol. The number of hydrogen-bond donors (Lipinski definition) is 1. The zero-order valence-electron chi connectivity index (χ0n) is 21.7. The molecule has 0 aliphatic heterocycles. The van der Waals surface area contributed by atoms with Gasteiger partial charge in [-0.05, 0) is 110 Å². The summed E-state index contributed by atoms with van der Waals surface area (Å²) in [5.74, 6) is 5.32. The van der Waals surface area contributed by atoms with Crippen molar-refractivity contribution in [1.82, 2.24) is 0 Å². The molecule has 32 heavy (non-hydrogen) atoms. The van der Waals surface area contributed by atoms with Gasteiger partial charge in [0.15, 0.2) is 0 Å². The molecule has 2 nitrogen and oxygen atoms in total. The fraction of sp³-hybridized carbons (Fsp3) is 0.900. The fourth-order valence-electron chi connectivity index (χ4n) is 9.33. The molecular weight excluding hydrogens is 392 g/mol. The van der Waals surface area contributed by atoms with Crippen molar-refractivity contribution in [3.8, 4) is 0 Å². The van der Waals surface area contributed by atoms with Crippen LogP contribution >= 0.6 is 0 Å². The van der Waals surface area contributed by atoms with Crippen molar-refractivity contribution in [3.05, 3.63) is 11.6 Å². The van der Waals surface area contributed by atoms with E-state index in [4.69, 9.17) is 5.11 Å². The largest absolute Gasteiger partial charge is 0.481 e. The van der Waals surface area contributed by atoms with E-state index in [1.165, 1.54) is 70.6 Å². The van der Waals surface area contributed by atoms with Crippen molar-refractivity contribution in [2.45, 2.75) is 118 Å². The van der Waals surface area contributed by atoms with Crippen molar-refractivity contribution in [3.63, 3.8) is 0 Å². The smallest absolute Gasteiger partial charge is 0.303 e. The Morgan fingerprint density at radius 2 is 1.84 bits per heavy atom. The van der Waals surface area contributed by atoms with E-state index in [9.17, 15) is 4.79 Å². The molecule has 0 bridgehead atoms. The predicted octanol–water partition coefficient (Wildman–Crippen LogP) is 8.51. The van der Waals surface area contributed by atoms with Gasteiger partial charge < -0.3 is 5.11 Å². The SMILES string of the molecule is CC(C)CCC[C@@H](C)[C@H]1CC[C@H]2[C@@H]3CC=C4CC(CCC(=O)O)CC[C@]4(C)[C@H]3CC[C@]12C. The van der Waals surface area contributed by atoms with Gasteiger partial charge in [-0.15, -0.1) is 0 Å². The molecule has 1 N–H and O–H groups in total. The summed E-state index contributed by atoms with van der Waals surface area (Å²) in [7, 11) is 0. The van der Waals surface area contributed by atoms with E-state index in [1.54, 1.807) is 5.57 Å². The minimum Gasteiger partial charge on any atom is -0.481 e. The van der Waals surface area contributed by atoms with E-state index < -0.39 is 5.97 Å². The molecule has 3 fully saturated rings. The Kier molecular flexibility index (Phi) is 7.19. The molecule has 0 amide bonds. The van der Waals surface area contributed by atoms with E-state index >= 15 is 0 Å². The summed E-state index contributed by atoms with van der Waals surface area (Å²) < 4.78 is 0. The highest BCUT2D eigenvalue weighted by Gasteiger charge is 2.59. The van der Waals surface area contributed by atoms with Gasteiger partial charge in [-0.1, -0.05) is 65.5 Å². The predicted molar refractivity (Wildman–Crippen MR) is 133 cm³/mol. The third-order valence-electron chi connectivity index (χ3n) is 11.2. The molecule has 0 radical (unpaired) electrons. The van der Waals surface area contributed by atoms with Crippen LogP contribution in [0.25, 0.3) is 0 Å². The van der Waals surface area contributed by atoms with Gasteiger partial charge in [0.05, 0.1) is 0 Å². The normalized spacial score (nSPS) is 42.1. The molecule has 8 atom stereocenters. The molecule has 0 saturated heterocycles. The second kappa shape index (κ2) is 9.46. The van der Waals surface area contributed by atoms with Gasteiger partial charge >= 0.3 is 5.97 Å². The Labute approximate surface area is 198 Å². The van der Waals surface area contributed by atoms with Crippen LogP contribution in [0, 0.1) is 52.3 Å². The van der Waals surface area contributed by atoms with E-state index in [0.29, 0.717) is 23.2 Å². The molecule has 4 aliphatic carbocycles. The summed E-state index contributed by atoms with van der Waals surface area (Å²) in [5, 5.41) is 9.11. The van der Waals surface area contributed by atoms with Crippen molar-refractivity contribution >= 4 is 5.97 Å². The Balaban J connectivity index is 1.44. The maximum absolute atomic E-state index is 11.1. The zero-order valence-corrected chi connectivity index (χ0v) is 21.7. The van der Waals surface area contributed by atoms with E-state index in [0.717, 1.165) is 41.9 Å². The average Bonchev–Trinajstić information content (AvgIpc) is 3.09. The number of carboxylic acid groups (broad SMARTS) is 1. The second-order valence-electron chi connectivity index (χ2n) is 13.3. The number of carboxylic acids is 1. The number of hydrogen-bond acceptors (Lipinski definition) is 1. The summed E-state index contributed by atoms with van der Waals surface area (Å²) in [6.45, 7) is 12.6. The third-order valence-corrected chi connectivity index (χ3v) is 11.2. The second-order valence-corrected chi connectivity index (χ2v) is 13.3. The summed E-state index contributed by atoms with van der Waals surface area (Å²) >= 11 is 0. The quantitative estimate of drug-likeness (QED) is 0.382. The number of allylic oxidation sites excluding steroid dienone is 2. The molecule has 182 valence electrons. The molecule has 0 aromatic rings. The van der Waals surface area contributed by atoms with Crippen LogP contribution in [0.15, 0.2) is 11.6 Å². The summed E-state index contributed by atoms with van der Waals surface area (Å²) in [4.78, 5) is 11.1. The number of rotatable bonds is 8. The van der Waals surface area contributed by atoms with Gasteiger partial charge in [-0.25, -0.2) is 0 Å². The third kappa shape index (κ3) is 4.46. The van der Waals surface area contributed by atoms with E-state index in [-0.39, 0.29) is 0 Å². The highest BCUT2D eigenvalue weighted by atomic mass is 16.4. The first kappa shape index (κ1) is 24.3. The lowest BCUT2D eigenvalue weighted by atomic mass is 9.46. The van der Waals surface area contributed by atoms with Crippen molar-refractivity contribution < 1.29 is 9.90 Å². The summed E-state index contributed by atoms with van der Waals surface area (Å²) in [5.41, 5.74) is 2.67. The molecule has 4 rings (SSSR count). The molecular formula is C30H50O2. The molecule has 4 aliphatic rings. The summed E-state index contributed by atoms with van der Waals surface area (Å²) in [6, 6.07) is 0. The first-order valence-corrected chi connectivity index (χ1v) is 14.1. The maximum Gasteiger partial charge on any atom is 0.303 e. The topological polar surface area (TPSA) is 37.3 Å². The van der Waals surface area contributed by atoms with Crippen molar-refractivity contribution in [2.75, 3.05) is 0 Å². The lowest BCUT2D eigenvalue weighted by molar-refractivity contribution is -0.137. The molecule has 0 aromatic heterocycles. The first-order chi connectivity index (χ1) is 15.1. The van der Waals surface area contributed by atoms with Gasteiger partial charge in [0.1, 0.15) is 0 Å². The average molecular weight is 443 g/mol. The fourth-order valence-corrected chi connectivity index (χ4v) is 9.33. The van der Waals surface area contributed by atoms with Crippen LogP contribution in [0.2, 0.25) is 0 Å². The maximum atomic E-state index is 11.1. The molecule has 0 aromatic carbocycles. The molecule has 2 heteroatoms. The van der Waals surface area contributed by atoms with Crippen LogP contribution in [-0.2, 0) is 4.79 Å². The van der Waals surface area contributed by atoms with Gasteiger partial charge in [0.2, 0.25) is 0 Å². The number of carbonyl (C=O) groups is 1. The van der Waals surface area contributed by atoms with E-state index in [2.05, 4.69) is 40.7 Å². The lowest BCUT2D eigenvalue weighted by Gasteiger charge is -2.58. The Morgan fingerprint density at radius 1 is 1.06 bits per heavy atom. The van der Waals surface area contributed by atoms with Crippen molar-refractivity contribution in [1.29, 1.82) is 0 Å². The van der Waals surface area contributed by atoms with Gasteiger partial charge in [0.25, 0.3) is 0 Å². The molecule has 1 unspecified atom stereocenters. The molecule has 0 spiro atoms. The number of fused-ring (bicyclic) bond motifs is 5.